The number of aliphatic hydroxyl groups is 1. The lowest BCUT2D eigenvalue weighted by molar-refractivity contribution is -0.382. The van der Waals surface area contributed by atoms with Crippen LogP contribution in [0, 0.1) is 10.1 Å². The average molecular weight is 371 g/mol. The monoisotopic (exact) mass is 371 g/mol. The molecule has 0 saturated heterocycles. The van der Waals surface area contributed by atoms with E-state index in [4.69, 9.17) is 14.4 Å². The zero-order valence-corrected chi connectivity index (χ0v) is 13.7. The second-order valence-corrected chi connectivity index (χ2v) is 5.61. The molecular formula is C15H13N7O5. The molecule has 2 aromatic carbocycles. The van der Waals surface area contributed by atoms with Gasteiger partial charge in [-0.2, -0.15) is 0 Å². The van der Waals surface area contributed by atoms with Crippen molar-refractivity contribution in [1.82, 2.24) is 20.6 Å². The van der Waals surface area contributed by atoms with Crippen molar-refractivity contribution in [3.63, 3.8) is 0 Å². The normalized spacial score (nSPS) is 11.1. The fraction of sp³-hybridized carbons (Fsp3) is 0.200. The minimum atomic E-state index is -0.556. The van der Waals surface area contributed by atoms with Crippen LogP contribution in [-0.2, 0) is 0 Å². The van der Waals surface area contributed by atoms with Crippen LogP contribution < -0.4 is 10.6 Å². The maximum absolute atomic E-state index is 11.5. The number of hydrogen-bond acceptors (Lipinski definition) is 11. The summed E-state index contributed by atoms with van der Waals surface area (Å²) in [5.74, 6) is 0. The van der Waals surface area contributed by atoms with Crippen molar-refractivity contribution in [2.75, 3.05) is 23.8 Å². The molecule has 0 spiro atoms. The van der Waals surface area contributed by atoms with Crippen molar-refractivity contribution in [2.24, 2.45) is 0 Å². The van der Waals surface area contributed by atoms with Crippen LogP contribution in [0.5, 0.6) is 0 Å². The lowest BCUT2D eigenvalue weighted by Gasteiger charge is -2.11. The number of nitro groups is 1. The average Bonchev–Trinajstić information content (AvgIpc) is 3.31. The summed E-state index contributed by atoms with van der Waals surface area (Å²) in [6.45, 7) is 0.303. The Morgan fingerprint density at radius 2 is 1.81 bits per heavy atom. The van der Waals surface area contributed by atoms with E-state index in [-0.39, 0.29) is 29.0 Å². The van der Waals surface area contributed by atoms with Gasteiger partial charge in [0.2, 0.25) is 5.52 Å². The first-order valence-corrected chi connectivity index (χ1v) is 7.95. The highest BCUT2D eigenvalue weighted by molar-refractivity contribution is 6.02. The number of fused-ring (bicyclic) bond motifs is 2. The molecule has 0 radical (unpaired) electrons. The maximum Gasteiger partial charge on any atom is 0.323 e. The van der Waals surface area contributed by atoms with Crippen LogP contribution >= 0.6 is 0 Å². The summed E-state index contributed by atoms with van der Waals surface area (Å²) in [5.41, 5.74) is 2.23. The van der Waals surface area contributed by atoms with Crippen LogP contribution in [0.4, 0.5) is 22.7 Å². The van der Waals surface area contributed by atoms with Gasteiger partial charge in [0, 0.05) is 13.2 Å². The van der Waals surface area contributed by atoms with Gasteiger partial charge in [0.25, 0.3) is 0 Å². The second kappa shape index (κ2) is 6.84. The molecule has 0 atom stereocenters. The first-order chi connectivity index (χ1) is 13.2. The van der Waals surface area contributed by atoms with Crippen molar-refractivity contribution < 1.29 is 19.3 Å². The molecule has 12 heteroatoms. The first-order valence-electron chi connectivity index (χ1n) is 7.95. The van der Waals surface area contributed by atoms with Gasteiger partial charge >= 0.3 is 5.69 Å². The van der Waals surface area contributed by atoms with E-state index in [2.05, 4.69) is 31.3 Å². The number of nitrogens with one attached hydrogen (secondary N) is 2. The largest absolute Gasteiger partial charge is 0.396 e. The first kappa shape index (κ1) is 16.7. The van der Waals surface area contributed by atoms with Crippen molar-refractivity contribution >= 4 is 44.8 Å². The van der Waals surface area contributed by atoms with Crippen LogP contribution in [-0.4, -0.2) is 43.8 Å². The minimum absolute atomic E-state index is 0.00181. The number of rotatable bonds is 7. The van der Waals surface area contributed by atoms with E-state index in [9.17, 15) is 10.1 Å². The summed E-state index contributed by atoms with van der Waals surface area (Å²) in [5, 5.41) is 41.6. The summed E-state index contributed by atoms with van der Waals surface area (Å²) in [6, 6.07) is 6.79. The van der Waals surface area contributed by atoms with Crippen molar-refractivity contribution in [3.8, 4) is 0 Å². The number of aromatic nitrogens is 4. The molecule has 0 bridgehead atoms. The highest BCUT2D eigenvalue weighted by Crippen LogP contribution is 2.38. The van der Waals surface area contributed by atoms with Crippen LogP contribution in [0.1, 0.15) is 6.42 Å². The van der Waals surface area contributed by atoms with E-state index < -0.39 is 4.92 Å². The maximum atomic E-state index is 11.5. The topological polar surface area (TPSA) is 165 Å². The summed E-state index contributed by atoms with van der Waals surface area (Å²) < 4.78 is 9.47. The van der Waals surface area contributed by atoms with Gasteiger partial charge in [-0.05, 0) is 45.2 Å². The van der Waals surface area contributed by atoms with Gasteiger partial charge in [-0.3, -0.25) is 10.1 Å². The van der Waals surface area contributed by atoms with Crippen LogP contribution in [0.3, 0.4) is 0 Å². The van der Waals surface area contributed by atoms with Crippen LogP contribution in [0.2, 0.25) is 0 Å². The van der Waals surface area contributed by atoms with Crippen molar-refractivity contribution in [1.29, 1.82) is 0 Å². The van der Waals surface area contributed by atoms with Gasteiger partial charge in [0.05, 0.1) is 16.3 Å². The number of benzene rings is 2. The fourth-order valence-corrected chi connectivity index (χ4v) is 2.70. The molecule has 0 saturated carbocycles. The smallest absolute Gasteiger partial charge is 0.323 e. The Kier molecular flexibility index (Phi) is 4.22. The van der Waals surface area contributed by atoms with Gasteiger partial charge in [-0.25, -0.2) is 9.26 Å². The van der Waals surface area contributed by atoms with Gasteiger partial charge in [-0.15, -0.1) is 0 Å². The Morgan fingerprint density at radius 3 is 2.63 bits per heavy atom. The van der Waals surface area contributed by atoms with E-state index in [0.717, 1.165) is 0 Å². The number of nitro benzene ring substituents is 1. The number of hydrogen-bond donors (Lipinski definition) is 3. The third kappa shape index (κ3) is 2.97. The highest BCUT2D eigenvalue weighted by atomic mass is 16.6. The minimum Gasteiger partial charge on any atom is -0.396 e. The van der Waals surface area contributed by atoms with Gasteiger partial charge in [-0.1, -0.05) is 6.07 Å². The summed E-state index contributed by atoms with van der Waals surface area (Å²) in [6.07, 6.45) is 0.429. The zero-order chi connectivity index (χ0) is 18.8. The van der Waals surface area contributed by atoms with Gasteiger partial charge in [0.15, 0.2) is 11.0 Å². The molecular weight excluding hydrogens is 358 g/mol. The molecule has 0 aliphatic rings. The summed E-state index contributed by atoms with van der Waals surface area (Å²) in [7, 11) is 0. The van der Waals surface area contributed by atoms with Crippen molar-refractivity contribution in [2.45, 2.75) is 6.42 Å². The lowest BCUT2D eigenvalue weighted by Crippen LogP contribution is -2.07. The standard InChI is InChI=1S/C15H13N7O5/c23-6-2-5-16-11-7-10(13-14(21-27-20-13)15(11)22(24)25)17-8-3-1-4-9-12(8)19-26-18-9/h1,3-4,7,16-17,23H,2,5-6H2. The molecule has 0 fully saturated rings. The Balaban J connectivity index is 1.82. The highest BCUT2D eigenvalue weighted by Gasteiger charge is 2.26. The summed E-state index contributed by atoms with van der Waals surface area (Å²) >= 11 is 0. The SMILES string of the molecule is O=[N+]([O-])c1c(NCCCO)cc(Nc2cccc3nonc23)c2nonc12. The predicted molar refractivity (Wildman–Crippen MR) is 93.7 cm³/mol. The van der Waals surface area contributed by atoms with E-state index in [0.29, 0.717) is 35.4 Å². The Morgan fingerprint density at radius 1 is 1.04 bits per heavy atom. The van der Waals surface area contributed by atoms with Crippen LogP contribution in [0.15, 0.2) is 33.5 Å². The molecule has 4 aromatic rings. The van der Waals surface area contributed by atoms with E-state index in [1.165, 1.54) is 6.07 Å². The molecule has 3 N–H and O–H groups in total. The molecule has 27 heavy (non-hydrogen) atoms. The number of nitrogens with zero attached hydrogens (tertiary/aromatic N) is 5. The third-order valence-electron chi connectivity index (χ3n) is 3.90. The fourth-order valence-electron chi connectivity index (χ4n) is 2.70. The van der Waals surface area contributed by atoms with Crippen LogP contribution in [0.25, 0.3) is 22.1 Å². The van der Waals surface area contributed by atoms with Gasteiger partial charge in [0.1, 0.15) is 11.2 Å². The number of anilines is 3. The molecule has 4 rings (SSSR count). The van der Waals surface area contributed by atoms with Gasteiger partial charge < -0.3 is 15.7 Å². The molecule has 12 nitrogen and oxygen atoms in total. The lowest BCUT2D eigenvalue weighted by atomic mass is 10.1. The molecule has 0 aliphatic heterocycles. The number of aliphatic hydroxyl groups excluding tert-OH is 1. The third-order valence-corrected chi connectivity index (χ3v) is 3.90. The van der Waals surface area contributed by atoms with E-state index >= 15 is 0 Å². The summed E-state index contributed by atoms with van der Waals surface area (Å²) in [4.78, 5) is 11.0. The molecule has 0 amide bonds. The molecule has 2 heterocycles. The second-order valence-electron chi connectivity index (χ2n) is 5.61. The molecule has 138 valence electrons. The quantitative estimate of drug-likeness (QED) is 0.247. The Hall–Kier alpha value is -3.80. The Bertz CT molecular complexity index is 1120. The van der Waals surface area contributed by atoms with Crippen molar-refractivity contribution in [3.05, 3.63) is 34.4 Å². The van der Waals surface area contributed by atoms with E-state index in [1.54, 1.807) is 18.2 Å². The van der Waals surface area contributed by atoms with E-state index in [1.807, 2.05) is 0 Å². The molecule has 2 aromatic heterocycles. The Labute approximate surface area is 150 Å². The predicted octanol–water partition coefficient (Wildman–Crippen LogP) is 2.21. The zero-order valence-electron chi connectivity index (χ0n) is 13.7. The molecule has 0 unspecified atom stereocenters. The molecule has 0 aliphatic carbocycles.